The van der Waals surface area contributed by atoms with Crippen molar-refractivity contribution >= 4 is 40.5 Å². The summed E-state index contributed by atoms with van der Waals surface area (Å²) >= 11 is 0. The van der Waals surface area contributed by atoms with Crippen LogP contribution < -0.4 is 10.6 Å². The second-order valence-electron chi connectivity index (χ2n) is 10.9. The van der Waals surface area contributed by atoms with E-state index in [1.807, 2.05) is 27.7 Å². The Bertz CT molecular complexity index is 1180. The van der Waals surface area contributed by atoms with Gasteiger partial charge in [-0.15, -0.1) is 0 Å². The Kier molecular flexibility index (Phi) is 9.35. The molecule has 1 amide bonds. The molecule has 0 bridgehead atoms. The predicted octanol–water partition coefficient (Wildman–Crippen LogP) is 4.38. The number of hydrogen-bond donors (Lipinski definition) is 2. The molecule has 0 saturated heterocycles. The van der Waals surface area contributed by atoms with Crippen molar-refractivity contribution in [2.75, 3.05) is 11.9 Å². The molecule has 0 aliphatic carbocycles. The van der Waals surface area contributed by atoms with Gasteiger partial charge in [0.05, 0.1) is 23.9 Å². The third-order valence-electron chi connectivity index (χ3n) is 5.13. The lowest BCUT2D eigenvalue weighted by molar-refractivity contribution is -0.152. The molecule has 0 spiro atoms. The Morgan fingerprint density at radius 3 is 2.24 bits per heavy atom. The lowest BCUT2D eigenvalue weighted by Crippen LogP contribution is -2.46. The molecule has 1 aromatic heterocycles. The van der Waals surface area contributed by atoms with E-state index in [0.717, 1.165) is 0 Å². The Labute approximate surface area is 217 Å². The van der Waals surface area contributed by atoms with E-state index in [2.05, 4.69) is 20.6 Å². The fraction of sp³-hybridized carbons (Fsp3) is 0.556. The quantitative estimate of drug-likeness (QED) is 0.284. The molecular formula is C27H38N4O6. The van der Waals surface area contributed by atoms with Crippen LogP contribution in [0.1, 0.15) is 77.9 Å². The molecule has 0 saturated carbocycles. The molecule has 0 aliphatic heterocycles. The van der Waals surface area contributed by atoms with E-state index in [1.165, 1.54) is 6.92 Å². The first-order chi connectivity index (χ1) is 17.0. The fourth-order valence-electron chi connectivity index (χ4n) is 3.56. The van der Waals surface area contributed by atoms with Gasteiger partial charge in [0.15, 0.2) is 11.6 Å². The first-order valence-electron chi connectivity index (χ1n) is 12.3. The zero-order chi connectivity index (χ0) is 28.1. The number of nitrogens with zero attached hydrogens (tertiary/aromatic N) is 2. The number of amides is 1. The zero-order valence-electron chi connectivity index (χ0n) is 23.1. The molecule has 2 aromatic rings. The van der Waals surface area contributed by atoms with E-state index < -0.39 is 47.6 Å². The van der Waals surface area contributed by atoms with Crippen molar-refractivity contribution in [3.8, 4) is 0 Å². The summed E-state index contributed by atoms with van der Waals surface area (Å²) in [5, 5.41) is 5.72. The third kappa shape index (κ3) is 8.51. The van der Waals surface area contributed by atoms with Crippen LogP contribution in [0.5, 0.6) is 0 Å². The number of para-hydroxylation sites is 1. The first kappa shape index (κ1) is 29.7. The summed E-state index contributed by atoms with van der Waals surface area (Å²) in [6.07, 6.45) is -1.25. The molecule has 10 heteroatoms. The van der Waals surface area contributed by atoms with Crippen LogP contribution >= 0.6 is 0 Å². The number of ether oxygens (including phenoxy) is 2. The Hall–Kier alpha value is -3.56. The summed E-state index contributed by atoms with van der Waals surface area (Å²) in [5.41, 5.74) is 0.731. The molecule has 1 aromatic carbocycles. The van der Waals surface area contributed by atoms with Crippen LogP contribution in [0, 0.1) is 12.8 Å². The van der Waals surface area contributed by atoms with Gasteiger partial charge in [0.1, 0.15) is 22.9 Å². The van der Waals surface area contributed by atoms with Crippen molar-refractivity contribution < 1.29 is 28.7 Å². The van der Waals surface area contributed by atoms with Crippen LogP contribution in [-0.2, 0) is 19.1 Å². The Morgan fingerprint density at radius 1 is 1.03 bits per heavy atom. The molecule has 10 nitrogen and oxygen atoms in total. The maximum Gasteiger partial charge on any atom is 0.408 e. The van der Waals surface area contributed by atoms with Gasteiger partial charge in [0.25, 0.3) is 0 Å². The highest BCUT2D eigenvalue weighted by Gasteiger charge is 2.35. The standard InChI is InChI=1S/C27H38N4O6/c1-10-36-24(34)18(22(33)15(2)29-25(35)37-27(7,8)9)14-20(32)17-12-11-13-19-21(17)30-23(16(3)28-19)31-26(4,5)6/h11-13,15,18H,10,14H2,1-9H3,(H,29,35)(H,30,31). The topological polar surface area (TPSA) is 137 Å². The lowest BCUT2D eigenvalue weighted by atomic mass is 9.91. The minimum atomic E-state index is -1.42. The molecule has 37 heavy (non-hydrogen) atoms. The van der Waals surface area contributed by atoms with Gasteiger partial charge in [0, 0.05) is 17.5 Å². The highest BCUT2D eigenvalue weighted by molar-refractivity contribution is 6.11. The van der Waals surface area contributed by atoms with Crippen molar-refractivity contribution in [2.45, 2.75) is 85.9 Å². The van der Waals surface area contributed by atoms with Crippen LogP contribution in [0.25, 0.3) is 11.0 Å². The number of fused-ring (bicyclic) bond motifs is 1. The molecule has 1 heterocycles. The number of anilines is 1. The highest BCUT2D eigenvalue weighted by Crippen LogP contribution is 2.25. The van der Waals surface area contributed by atoms with E-state index >= 15 is 0 Å². The zero-order valence-corrected chi connectivity index (χ0v) is 23.1. The minimum absolute atomic E-state index is 0.0333. The number of hydrogen-bond acceptors (Lipinski definition) is 9. The molecule has 2 rings (SSSR count). The molecule has 0 aliphatic rings. The number of nitrogens with one attached hydrogen (secondary N) is 2. The van der Waals surface area contributed by atoms with Gasteiger partial charge >= 0.3 is 12.1 Å². The van der Waals surface area contributed by atoms with Gasteiger partial charge in [-0.1, -0.05) is 6.07 Å². The maximum absolute atomic E-state index is 13.4. The van der Waals surface area contributed by atoms with Crippen molar-refractivity contribution in [3.63, 3.8) is 0 Å². The summed E-state index contributed by atoms with van der Waals surface area (Å²) in [5.74, 6) is -2.85. The van der Waals surface area contributed by atoms with Crippen LogP contribution in [0.3, 0.4) is 0 Å². The van der Waals surface area contributed by atoms with E-state index in [1.54, 1.807) is 45.9 Å². The minimum Gasteiger partial charge on any atom is -0.465 e. The molecule has 2 atom stereocenters. The molecule has 0 fully saturated rings. The Morgan fingerprint density at radius 2 is 1.68 bits per heavy atom. The normalized spacial score (nSPS) is 13.4. The maximum atomic E-state index is 13.4. The first-order valence-corrected chi connectivity index (χ1v) is 12.3. The smallest absolute Gasteiger partial charge is 0.408 e. The summed E-state index contributed by atoms with van der Waals surface area (Å²) in [4.78, 5) is 60.7. The lowest BCUT2D eigenvalue weighted by Gasteiger charge is -2.23. The van der Waals surface area contributed by atoms with Crippen LogP contribution in [0.2, 0.25) is 0 Å². The van der Waals surface area contributed by atoms with Crippen molar-refractivity contribution in [1.82, 2.24) is 15.3 Å². The number of carbonyl (C=O) groups is 4. The number of alkyl carbamates (subject to hydrolysis) is 1. The third-order valence-corrected chi connectivity index (χ3v) is 5.13. The molecule has 2 unspecified atom stereocenters. The van der Waals surface area contributed by atoms with Crippen molar-refractivity contribution in [2.24, 2.45) is 5.92 Å². The second kappa shape index (κ2) is 11.7. The van der Waals surface area contributed by atoms with Gasteiger partial charge < -0.3 is 20.1 Å². The monoisotopic (exact) mass is 514 g/mol. The van der Waals surface area contributed by atoms with E-state index in [4.69, 9.17) is 9.47 Å². The number of aryl methyl sites for hydroxylation is 1. The molecular weight excluding hydrogens is 476 g/mol. The number of esters is 1. The number of ketones is 2. The molecule has 2 N–H and O–H groups in total. The van der Waals surface area contributed by atoms with E-state index in [9.17, 15) is 19.2 Å². The molecule has 202 valence electrons. The summed E-state index contributed by atoms with van der Waals surface area (Å²) < 4.78 is 10.3. The van der Waals surface area contributed by atoms with Crippen molar-refractivity contribution in [1.29, 1.82) is 0 Å². The summed E-state index contributed by atoms with van der Waals surface area (Å²) in [6, 6.07) is 3.92. The van der Waals surface area contributed by atoms with Gasteiger partial charge in [-0.2, -0.15) is 0 Å². The number of aromatic nitrogens is 2. The van der Waals surface area contributed by atoms with Crippen molar-refractivity contribution in [3.05, 3.63) is 29.5 Å². The van der Waals surface area contributed by atoms with Crippen LogP contribution in [0.4, 0.5) is 10.6 Å². The number of rotatable bonds is 9. The van der Waals surface area contributed by atoms with Gasteiger partial charge in [-0.05, 0) is 74.4 Å². The van der Waals surface area contributed by atoms with Gasteiger partial charge in [-0.25, -0.2) is 14.8 Å². The average molecular weight is 515 g/mol. The Balaban J connectivity index is 2.38. The second-order valence-corrected chi connectivity index (χ2v) is 10.9. The SMILES string of the molecule is CCOC(=O)C(CC(=O)c1cccc2nc(C)c(NC(C)(C)C)nc12)C(=O)C(C)NC(=O)OC(C)(C)C. The summed E-state index contributed by atoms with van der Waals surface area (Å²) in [7, 11) is 0. The fourth-order valence-corrected chi connectivity index (χ4v) is 3.56. The molecule has 0 radical (unpaired) electrons. The average Bonchev–Trinajstić information content (AvgIpc) is 2.74. The number of Topliss-reactive ketones (excluding diaryl/α,β-unsaturated/α-hetero) is 2. The number of carbonyl (C=O) groups excluding carboxylic acids is 4. The summed E-state index contributed by atoms with van der Waals surface area (Å²) in [6.45, 7) is 15.9. The van der Waals surface area contributed by atoms with E-state index in [0.29, 0.717) is 22.5 Å². The highest BCUT2D eigenvalue weighted by atomic mass is 16.6. The van der Waals surface area contributed by atoms with Gasteiger partial charge in [0.2, 0.25) is 0 Å². The van der Waals surface area contributed by atoms with Crippen LogP contribution in [0.15, 0.2) is 18.2 Å². The van der Waals surface area contributed by atoms with Gasteiger partial charge in [-0.3, -0.25) is 14.4 Å². The predicted molar refractivity (Wildman–Crippen MR) is 141 cm³/mol. The largest absolute Gasteiger partial charge is 0.465 e. The number of benzene rings is 1. The van der Waals surface area contributed by atoms with E-state index in [-0.39, 0.29) is 17.7 Å². The van der Waals surface area contributed by atoms with Crippen LogP contribution in [-0.4, -0.2) is 57.4 Å².